The summed E-state index contributed by atoms with van der Waals surface area (Å²) in [6.07, 6.45) is 2.05. The zero-order valence-corrected chi connectivity index (χ0v) is 18.8. The number of nitrogens with zero attached hydrogens (tertiary/aromatic N) is 1. The maximum absolute atomic E-state index is 4.91. The lowest BCUT2D eigenvalue weighted by molar-refractivity contribution is 1.36. The molecule has 0 aliphatic carbocycles. The molecule has 0 amide bonds. The molecule has 2 heterocycles. The van der Waals surface area contributed by atoms with Crippen molar-refractivity contribution in [2.24, 2.45) is 0 Å². The van der Waals surface area contributed by atoms with Gasteiger partial charge in [-0.2, -0.15) is 0 Å². The predicted octanol–water partition coefficient (Wildman–Crippen LogP) is 8.96. The summed E-state index contributed by atoms with van der Waals surface area (Å²) in [5, 5.41) is 1.20. The summed E-state index contributed by atoms with van der Waals surface area (Å²) >= 11 is 1.84. The number of pyridine rings is 1. The molecule has 0 unspecified atom stereocenters. The second-order valence-electron chi connectivity index (χ2n) is 8.05. The highest BCUT2D eigenvalue weighted by atomic mass is 32.1. The summed E-state index contributed by atoms with van der Waals surface area (Å²) in [6, 6.07) is 42.7. The van der Waals surface area contributed by atoms with Crippen molar-refractivity contribution in [3.05, 3.63) is 128 Å². The Hall–Kier alpha value is -4.01. The van der Waals surface area contributed by atoms with Crippen LogP contribution in [0, 0.1) is 0 Å². The molecule has 2 heteroatoms. The van der Waals surface area contributed by atoms with Gasteiger partial charge in [0.15, 0.2) is 0 Å². The van der Waals surface area contributed by atoms with Crippen molar-refractivity contribution in [3.63, 3.8) is 0 Å². The van der Waals surface area contributed by atoms with E-state index in [0.717, 1.165) is 11.3 Å². The third kappa shape index (κ3) is 3.75. The van der Waals surface area contributed by atoms with E-state index in [1.165, 1.54) is 42.8 Å². The quantitative estimate of drug-likeness (QED) is 0.267. The molecule has 0 radical (unpaired) electrons. The molecule has 0 bridgehead atoms. The Bertz CT molecular complexity index is 1530. The van der Waals surface area contributed by atoms with Crippen LogP contribution in [0.1, 0.15) is 0 Å². The molecule has 0 aliphatic heterocycles. The van der Waals surface area contributed by atoms with Crippen molar-refractivity contribution < 1.29 is 0 Å². The molecule has 6 rings (SSSR count). The molecule has 2 aromatic heterocycles. The number of fused-ring (bicyclic) bond motifs is 1. The zero-order chi connectivity index (χ0) is 22.0. The Morgan fingerprint density at radius 2 is 1.06 bits per heavy atom. The first-order valence-electron chi connectivity index (χ1n) is 11.1. The monoisotopic (exact) mass is 439 g/mol. The second-order valence-corrected chi connectivity index (χ2v) is 9.10. The highest BCUT2D eigenvalue weighted by molar-refractivity contribution is 7.23. The highest BCUT2D eigenvalue weighted by Gasteiger charge is 2.17. The summed E-state index contributed by atoms with van der Waals surface area (Å²) in [5.41, 5.74) is 8.28. The van der Waals surface area contributed by atoms with Crippen LogP contribution in [0.3, 0.4) is 0 Å². The second kappa shape index (κ2) is 8.50. The molecule has 0 atom stereocenters. The number of rotatable bonds is 4. The van der Waals surface area contributed by atoms with Crippen LogP contribution >= 0.6 is 11.3 Å². The van der Waals surface area contributed by atoms with Gasteiger partial charge in [-0.25, -0.2) is 0 Å². The molecule has 0 N–H and O–H groups in total. The minimum atomic E-state index is 1.00. The molecule has 0 saturated carbocycles. The minimum absolute atomic E-state index is 1.00. The summed E-state index contributed by atoms with van der Waals surface area (Å²) in [5.74, 6) is 0. The number of thiophene rings is 1. The third-order valence-electron chi connectivity index (χ3n) is 5.94. The van der Waals surface area contributed by atoms with Crippen molar-refractivity contribution in [3.8, 4) is 44.0 Å². The van der Waals surface area contributed by atoms with Crippen molar-refractivity contribution in [1.82, 2.24) is 4.98 Å². The maximum Gasteiger partial charge on any atom is 0.0716 e. The summed E-state index contributed by atoms with van der Waals surface area (Å²) < 4.78 is 1.25. The lowest BCUT2D eigenvalue weighted by atomic mass is 9.99. The summed E-state index contributed by atoms with van der Waals surface area (Å²) in [6.45, 7) is 0. The van der Waals surface area contributed by atoms with Gasteiger partial charge in [-0.15, -0.1) is 11.3 Å². The van der Waals surface area contributed by atoms with E-state index in [2.05, 4.69) is 115 Å². The van der Waals surface area contributed by atoms with Gasteiger partial charge >= 0.3 is 0 Å². The largest absolute Gasteiger partial charge is 0.256 e. The lowest BCUT2D eigenvalue weighted by Gasteiger charge is -2.07. The molecular weight excluding hydrogens is 418 g/mol. The topological polar surface area (TPSA) is 12.9 Å². The van der Waals surface area contributed by atoms with E-state index in [0.29, 0.717) is 0 Å². The SMILES string of the molecule is c1ccc(-c2cccc(-c3cc4sc(-c5ccccc5)c(-c5ccccc5)c4cn3)c2)cc1. The van der Waals surface area contributed by atoms with Crippen LogP contribution in [-0.2, 0) is 0 Å². The van der Waals surface area contributed by atoms with Crippen molar-refractivity contribution in [2.75, 3.05) is 0 Å². The van der Waals surface area contributed by atoms with Gasteiger partial charge in [-0.3, -0.25) is 4.98 Å². The first-order valence-corrected chi connectivity index (χ1v) is 11.9. The van der Waals surface area contributed by atoms with E-state index >= 15 is 0 Å². The molecule has 0 spiro atoms. The van der Waals surface area contributed by atoms with Crippen LogP contribution < -0.4 is 0 Å². The van der Waals surface area contributed by atoms with Gasteiger partial charge in [0.1, 0.15) is 0 Å². The predicted molar refractivity (Wildman–Crippen MR) is 141 cm³/mol. The first-order chi connectivity index (χ1) is 16.4. The molecule has 0 fully saturated rings. The van der Waals surface area contributed by atoms with Crippen LogP contribution in [0.5, 0.6) is 0 Å². The van der Waals surface area contributed by atoms with Crippen molar-refractivity contribution in [2.45, 2.75) is 0 Å². The van der Waals surface area contributed by atoms with Gasteiger partial charge in [0.25, 0.3) is 0 Å². The standard InChI is InChI=1S/C31H21NS/c1-4-11-22(12-5-1)25-17-10-18-26(19-25)28-20-29-27(21-32-28)30(23-13-6-2-7-14-23)31(33-29)24-15-8-3-9-16-24/h1-21H. The summed E-state index contributed by atoms with van der Waals surface area (Å²) in [4.78, 5) is 6.20. The van der Waals surface area contributed by atoms with Gasteiger partial charge in [-0.05, 0) is 34.4 Å². The Balaban J connectivity index is 1.51. The number of hydrogen-bond acceptors (Lipinski definition) is 2. The molecule has 0 saturated heterocycles. The fourth-order valence-electron chi connectivity index (χ4n) is 4.32. The molecule has 4 aromatic carbocycles. The van der Waals surface area contributed by atoms with E-state index in [-0.39, 0.29) is 0 Å². The average Bonchev–Trinajstić information content (AvgIpc) is 3.29. The van der Waals surface area contributed by atoms with Gasteiger partial charge in [-0.1, -0.05) is 109 Å². The average molecular weight is 440 g/mol. The highest BCUT2D eigenvalue weighted by Crippen LogP contribution is 2.45. The van der Waals surface area contributed by atoms with Crippen LogP contribution in [0.25, 0.3) is 54.0 Å². The van der Waals surface area contributed by atoms with Crippen LogP contribution in [-0.4, -0.2) is 4.98 Å². The lowest BCUT2D eigenvalue weighted by Crippen LogP contribution is -1.85. The van der Waals surface area contributed by atoms with Gasteiger partial charge in [0, 0.05) is 32.3 Å². The van der Waals surface area contributed by atoms with Crippen molar-refractivity contribution >= 4 is 21.4 Å². The minimum Gasteiger partial charge on any atom is -0.256 e. The fraction of sp³-hybridized carbons (Fsp3) is 0. The van der Waals surface area contributed by atoms with E-state index in [1.54, 1.807) is 0 Å². The van der Waals surface area contributed by atoms with E-state index in [4.69, 9.17) is 4.98 Å². The van der Waals surface area contributed by atoms with E-state index < -0.39 is 0 Å². The van der Waals surface area contributed by atoms with Crippen LogP contribution in [0.15, 0.2) is 128 Å². The Morgan fingerprint density at radius 1 is 0.485 bits per heavy atom. The van der Waals surface area contributed by atoms with E-state index in [9.17, 15) is 0 Å². The molecule has 156 valence electrons. The van der Waals surface area contributed by atoms with Crippen LogP contribution in [0.2, 0.25) is 0 Å². The number of hydrogen-bond donors (Lipinski definition) is 0. The normalized spacial score (nSPS) is 11.0. The van der Waals surface area contributed by atoms with E-state index in [1.807, 2.05) is 23.6 Å². The van der Waals surface area contributed by atoms with Gasteiger partial charge in [0.2, 0.25) is 0 Å². The first kappa shape index (κ1) is 19.7. The van der Waals surface area contributed by atoms with Crippen LogP contribution in [0.4, 0.5) is 0 Å². The molecule has 6 aromatic rings. The Kier molecular flexibility index (Phi) is 5.06. The van der Waals surface area contributed by atoms with Gasteiger partial charge < -0.3 is 0 Å². The molecule has 0 aliphatic rings. The number of benzene rings is 4. The molecule has 1 nitrogen and oxygen atoms in total. The maximum atomic E-state index is 4.91. The Morgan fingerprint density at radius 3 is 1.76 bits per heavy atom. The third-order valence-corrected chi connectivity index (χ3v) is 7.14. The summed E-state index contributed by atoms with van der Waals surface area (Å²) in [7, 11) is 0. The van der Waals surface area contributed by atoms with Gasteiger partial charge in [0.05, 0.1) is 5.69 Å². The Labute approximate surface area is 197 Å². The molecular formula is C31H21NS. The molecule has 33 heavy (non-hydrogen) atoms. The van der Waals surface area contributed by atoms with Crippen molar-refractivity contribution in [1.29, 1.82) is 0 Å². The number of aromatic nitrogens is 1. The fourth-order valence-corrected chi connectivity index (χ4v) is 5.56. The smallest absolute Gasteiger partial charge is 0.0716 e. The zero-order valence-electron chi connectivity index (χ0n) is 18.0.